The molecular weight excluding hydrogens is 316 g/mol. The molecule has 0 saturated heterocycles. The molecule has 0 aliphatic carbocycles. The van der Waals surface area contributed by atoms with Gasteiger partial charge in [0.25, 0.3) is 0 Å². The minimum atomic E-state index is -1.29. The fourth-order valence-electron chi connectivity index (χ4n) is 2.81. The Balaban J connectivity index is 2.50. The lowest BCUT2D eigenvalue weighted by Crippen LogP contribution is -2.43. The van der Waals surface area contributed by atoms with E-state index in [1.807, 2.05) is 32.9 Å². The van der Waals surface area contributed by atoms with Crippen molar-refractivity contribution in [2.24, 2.45) is 0 Å². The van der Waals surface area contributed by atoms with E-state index in [0.29, 0.717) is 35.6 Å². The number of anilines is 1. The molecule has 25 heavy (non-hydrogen) atoms. The van der Waals surface area contributed by atoms with E-state index in [9.17, 15) is 9.90 Å². The predicted molar refractivity (Wildman–Crippen MR) is 96.7 cm³/mol. The van der Waals surface area contributed by atoms with Crippen molar-refractivity contribution in [1.29, 1.82) is 5.26 Å². The average molecular weight is 338 g/mol. The molecule has 130 valence electrons. The Kier molecular flexibility index (Phi) is 5.66. The molecule has 2 rings (SSSR count). The quantitative estimate of drug-likeness (QED) is 0.795. The van der Waals surface area contributed by atoms with Gasteiger partial charge < -0.3 is 15.2 Å². The maximum Gasteiger partial charge on any atom is 0.334 e. The number of aliphatic carboxylic acids is 1. The van der Waals surface area contributed by atoms with Gasteiger partial charge in [0.15, 0.2) is 5.54 Å². The largest absolute Gasteiger partial charge is 0.494 e. The fraction of sp³-hybridized carbons (Fsp3) is 0.300. The number of aryl methyl sites for hydroxylation is 1. The van der Waals surface area contributed by atoms with Crippen LogP contribution in [0, 0.1) is 18.3 Å². The van der Waals surface area contributed by atoms with Gasteiger partial charge in [-0.3, -0.25) is 0 Å². The van der Waals surface area contributed by atoms with E-state index < -0.39 is 11.5 Å². The van der Waals surface area contributed by atoms with Gasteiger partial charge in [-0.05, 0) is 67.8 Å². The fourth-order valence-corrected chi connectivity index (χ4v) is 2.81. The summed E-state index contributed by atoms with van der Waals surface area (Å²) in [5.74, 6) is -0.314. The summed E-state index contributed by atoms with van der Waals surface area (Å²) in [5.41, 5.74) is 1.45. The van der Waals surface area contributed by atoms with E-state index in [1.165, 1.54) is 0 Å². The highest BCUT2D eigenvalue weighted by Gasteiger charge is 2.39. The minimum absolute atomic E-state index is 0.345. The molecule has 0 saturated carbocycles. The van der Waals surface area contributed by atoms with Gasteiger partial charge in [-0.25, -0.2) is 4.79 Å². The van der Waals surface area contributed by atoms with E-state index >= 15 is 0 Å². The number of ether oxygens (including phenoxy) is 1. The monoisotopic (exact) mass is 338 g/mol. The summed E-state index contributed by atoms with van der Waals surface area (Å²) in [6.07, 6.45) is 0.345. The van der Waals surface area contributed by atoms with Crippen molar-refractivity contribution >= 4 is 11.7 Å². The average Bonchev–Trinajstić information content (AvgIpc) is 2.59. The first kappa shape index (κ1) is 18.3. The molecule has 5 heteroatoms. The van der Waals surface area contributed by atoms with Gasteiger partial charge in [0, 0.05) is 5.69 Å². The number of carboxylic acids is 1. The number of nitriles is 1. The van der Waals surface area contributed by atoms with Gasteiger partial charge >= 0.3 is 5.97 Å². The molecule has 0 spiro atoms. The zero-order valence-electron chi connectivity index (χ0n) is 14.7. The second-order valence-corrected chi connectivity index (χ2v) is 5.85. The van der Waals surface area contributed by atoms with Crippen molar-refractivity contribution in [3.8, 4) is 11.8 Å². The Bertz CT molecular complexity index is 794. The van der Waals surface area contributed by atoms with Gasteiger partial charge in [-0.2, -0.15) is 5.26 Å². The highest BCUT2D eigenvalue weighted by atomic mass is 16.5. The van der Waals surface area contributed by atoms with Gasteiger partial charge in [0.05, 0.1) is 18.2 Å². The van der Waals surface area contributed by atoms with Gasteiger partial charge in [0.1, 0.15) is 5.75 Å². The van der Waals surface area contributed by atoms with Crippen LogP contribution in [-0.2, 0) is 10.3 Å². The minimum Gasteiger partial charge on any atom is -0.494 e. The van der Waals surface area contributed by atoms with Crippen LogP contribution in [-0.4, -0.2) is 17.7 Å². The Morgan fingerprint density at radius 2 is 1.92 bits per heavy atom. The zero-order valence-corrected chi connectivity index (χ0v) is 14.7. The molecule has 1 atom stereocenters. The summed E-state index contributed by atoms with van der Waals surface area (Å²) >= 11 is 0. The van der Waals surface area contributed by atoms with E-state index in [2.05, 4.69) is 11.4 Å². The van der Waals surface area contributed by atoms with Crippen LogP contribution < -0.4 is 10.1 Å². The van der Waals surface area contributed by atoms with E-state index in [1.54, 1.807) is 30.3 Å². The second-order valence-electron chi connectivity index (χ2n) is 5.85. The summed E-state index contributed by atoms with van der Waals surface area (Å²) in [6, 6.07) is 14.3. The third kappa shape index (κ3) is 3.92. The lowest BCUT2D eigenvalue weighted by molar-refractivity contribution is -0.142. The molecule has 0 bridgehead atoms. The summed E-state index contributed by atoms with van der Waals surface area (Å²) in [5, 5.41) is 22.0. The summed E-state index contributed by atoms with van der Waals surface area (Å²) in [7, 11) is 0. The summed E-state index contributed by atoms with van der Waals surface area (Å²) in [4.78, 5) is 12.2. The first-order valence-electron chi connectivity index (χ1n) is 8.22. The van der Waals surface area contributed by atoms with Crippen LogP contribution in [0.15, 0.2) is 42.5 Å². The smallest absolute Gasteiger partial charge is 0.334 e. The second kappa shape index (κ2) is 7.71. The van der Waals surface area contributed by atoms with Crippen molar-refractivity contribution < 1.29 is 14.6 Å². The SMILES string of the molecule is CCOc1cc(C)cc(C(CC)(Nc2ccc(C#N)cc2)C(=O)O)c1. The van der Waals surface area contributed by atoms with Crippen molar-refractivity contribution in [3.05, 3.63) is 59.2 Å². The number of carbonyl (C=O) groups is 1. The van der Waals surface area contributed by atoms with Gasteiger partial charge in [-0.1, -0.05) is 13.0 Å². The number of rotatable bonds is 7. The number of nitrogens with one attached hydrogen (secondary N) is 1. The first-order valence-corrected chi connectivity index (χ1v) is 8.22. The van der Waals surface area contributed by atoms with E-state index in [-0.39, 0.29) is 0 Å². The zero-order chi connectivity index (χ0) is 18.4. The van der Waals surface area contributed by atoms with E-state index in [0.717, 1.165) is 5.56 Å². The predicted octanol–water partition coefficient (Wildman–Crippen LogP) is 4.07. The number of hydrogen-bond acceptors (Lipinski definition) is 4. The molecule has 0 aliphatic heterocycles. The Morgan fingerprint density at radius 1 is 1.24 bits per heavy atom. The van der Waals surface area contributed by atoms with Crippen LogP contribution in [0.5, 0.6) is 5.75 Å². The normalized spacial score (nSPS) is 12.7. The number of benzene rings is 2. The molecular formula is C20H22N2O3. The van der Waals surface area contributed by atoms with Crippen LogP contribution in [0.25, 0.3) is 0 Å². The molecule has 5 nitrogen and oxygen atoms in total. The van der Waals surface area contributed by atoms with Crippen molar-refractivity contribution in [3.63, 3.8) is 0 Å². The third-order valence-electron chi connectivity index (χ3n) is 4.12. The Hall–Kier alpha value is -3.00. The summed E-state index contributed by atoms with van der Waals surface area (Å²) < 4.78 is 5.57. The molecule has 2 aromatic rings. The topological polar surface area (TPSA) is 82.3 Å². The maximum atomic E-state index is 12.2. The number of hydrogen-bond donors (Lipinski definition) is 2. The van der Waals surface area contributed by atoms with Crippen molar-refractivity contribution in [1.82, 2.24) is 0 Å². The molecule has 0 radical (unpaired) electrons. The highest BCUT2D eigenvalue weighted by Crippen LogP contribution is 2.33. The third-order valence-corrected chi connectivity index (χ3v) is 4.12. The molecule has 2 aromatic carbocycles. The maximum absolute atomic E-state index is 12.2. The lowest BCUT2D eigenvalue weighted by atomic mass is 9.85. The standard InChI is InChI=1S/C20H22N2O3/c1-4-20(19(23)24,22-17-8-6-15(13-21)7-9-17)16-10-14(3)11-18(12-16)25-5-2/h6-12,22H,4-5H2,1-3H3,(H,23,24). The number of carboxylic acid groups (broad SMARTS) is 1. The van der Waals surface area contributed by atoms with E-state index in [4.69, 9.17) is 10.00 Å². The number of nitrogens with zero attached hydrogens (tertiary/aromatic N) is 1. The van der Waals surface area contributed by atoms with Crippen LogP contribution in [0.3, 0.4) is 0 Å². The first-order chi connectivity index (χ1) is 11.9. The van der Waals surface area contributed by atoms with Crippen molar-refractivity contribution in [2.45, 2.75) is 32.7 Å². The van der Waals surface area contributed by atoms with Gasteiger partial charge in [-0.15, -0.1) is 0 Å². The molecule has 1 unspecified atom stereocenters. The van der Waals surface area contributed by atoms with Crippen LogP contribution >= 0.6 is 0 Å². The molecule has 0 aliphatic rings. The van der Waals surface area contributed by atoms with Crippen LogP contribution in [0.2, 0.25) is 0 Å². The molecule has 0 fully saturated rings. The molecule has 0 amide bonds. The highest BCUT2D eigenvalue weighted by molar-refractivity contribution is 5.85. The molecule has 2 N–H and O–H groups in total. The van der Waals surface area contributed by atoms with Crippen molar-refractivity contribution in [2.75, 3.05) is 11.9 Å². The summed E-state index contributed by atoms with van der Waals surface area (Å²) in [6.45, 7) is 6.14. The Morgan fingerprint density at radius 3 is 2.44 bits per heavy atom. The van der Waals surface area contributed by atoms with Crippen LogP contribution in [0.4, 0.5) is 5.69 Å². The Labute approximate surface area is 147 Å². The molecule has 0 heterocycles. The lowest BCUT2D eigenvalue weighted by Gasteiger charge is -2.31. The van der Waals surface area contributed by atoms with Gasteiger partial charge in [0.2, 0.25) is 0 Å². The molecule has 0 aromatic heterocycles. The van der Waals surface area contributed by atoms with Crippen LogP contribution in [0.1, 0.15) is 37.0 Å².